The number of piperazine rings is 1. The Morgan fingerprint density at radius 1 is 0.655 bits per heavy atom. The van der Waals surface area contributed by atoms with Gasteiger partial charge in [0.25, 0.3) is 0 Å². The third-order valence-electron chi connectivity index (χ3n) is 3.98. The average Bonchev–Trinajstić information content (AvgIpc) is 2.55. The molecule has 29 heavy (non-hydrogen) atoms. The highest BCUT2D eigenvalue weighted by Crippen LogP contribution is 2.60. The minimum atomic E-state index is -8.03. The van der Waals surface area contributed by atoms with Crippen LogP contribution in [-0.2, 0) is 4.79 Å². The maximum absolute atomic E-state index is 13.6. The lowest BCUT2D eigenvalue weighted by Gasteiger charge is -2.40. The molecule has 1 rings (SSSR count). The number of amides is 1. The first kappa shape index (κ1) is 25.5. The van der Waals surface area contributed by atoms with Crippen LogP contribution < -0.4 is 5.43 Å². The van der Waals surface area contributed by atoms with Gasteiger partial charge >= 0.3 is 41.7 Å². The summed E-state index contributed by atoms with van der Waals surface area (Å²) in [6.45, 7) is -0.478. The summed E-state index contributed by atoms with van der Waals surface area (Å²) >= 11 is 0. The number of carbonyl (C=O) groups excluding carboxylic acids is 1. The summed E-state index contributed by atoms with van der Waals surface area (Å²) in [7, 11) is 1.52. The standard InChI is InChI=1S/C12H12F13N3O/c1-27-2-4-28(5-3-27)26-6(29)7(13,14)8(15,16)9(17,18)10(19,20)11(21,22)12(23,24)25/h2-5H2,1H3,(H,26,29). The van der Waals surface area contributed by atoms with Crippen molar-refractivity contribution in [2.45, 2.75) is 35.8 Å². The van der Waals surface area contributed by atoms with E-state index < -0.39 is 41.7 Å². The van der Waals surface area contributed by atoms with Crippen LogP contribution in [0.25, 0.3) is 0 Å². The quantitative estimate of drug-likeness (QED) is 0.619. The molecule has 0 aromatic carbocycles. The summed E-state index contributed by atoms with van der Waals surface area (Å²) in [6, 6.07) is 0. The van der Waals surface area contributed by atoms with Crippen molar-refractivity contribution in [1.29, 1.82) is 0 Å². The third kappa shape index (κ3) is 3.94. The van der Waals surface area contributed by atoms with Crippen molar-refractivity contribution >= 4 is 5.91 Å². The van der Waals surface area contributed by atoms with Gasteiger partial charge in [0.05, 0.1) is 0 Å². The number of hydrogen-bond acceptors (Lipinski definition) is 3. The van der Waals surface area contributed by atoms with Crippen LogP contribution in [0, 0.1) is 0 Å². The van der Waals surface area contributed by atoms with Gasteiger partial charge in [0, 0.05) is 26.2 Å². The van der Waals surface area contributed by atoms with E-state index in [-0.39, 0.29) is 26.2 Å². The highest BCUT2D eigenvalue weighted by Gasteiger charge is 2.91. The molecule has 0 bridgehead atoms. The van der Waals surface area contributed by atoms with Crippen LogP contribution >= 0.6 is 0 Å². The fourth-order valence-electron chi connectivity index (χ4n) is 2.04. The van der Waals surface area contributed by atoms with E-state index in [9.17, 15) is 61.9 Å². The second-order valence-corrected chi connectivity index (χ2v) is 6.10. The van der Waals surface area contributed by atoms with Crippen LogP contribution in [0.4, 0.5) is 57.1 Å². The summed E-state index contributed by atoms with van der Waals surface area (Å²) in [5, 5.41) is 0.521. The topological polar surface area (TPSA) is 35.6 Å². The van der Waals surface area contributed by atoms with Gasteiger partial charge < -0.3 is 4.90 Å². The molecule has 0 aromatic rings. The van der Waals surface area contributed by atoms with Crippen molar-refractivity contribution < 1.29 is 61.9 Å². The number of halogens is 13. The maximum Gasteiger partial charge on any atom is 0.460 e. The Labute approximate surface area is 153 Å². The van der Waals surface area contributed by atoms with Crippen LogP contribution in [-0.4, -0.2) is 84.8 Å². The predicted octanol–water partition coefficient (Wildman–Crippen LogP) is 3.00. The summed E-state index contributed by atoms with van der Waals surface area (Å²) < 4.78 is 168. The first-order chi connectivity index (χ1) is 12.6. The van der Waals surface area contributed by atoms with E-state index in [2.05, 4.69) is 0 Å². The molecule has 1 saturated heterocycles. The monoisotopic (exact) mass is 461 g/mol. The van der Waals surface area contributed by atoms with Crippen molar-refractivity contribution in [3.63, 3.8) is 0 Å². The lowest BCUT2D eigenvalue weighted by molar-refractivity contribution is -0.436. The van der Waals surface area contributed by atoms with E-state index in [0.29, 0.717) is 5.01 Å². The van der Waals surface area contributed by atoms with Gasteiger partial charge in [-0.3, -0.25) is 10.2 Å². The van der Waals surface area contributed by atoms with Crippen molar-refractivity contribution in [1.82, 2.24) is 15.3 Å². The molecule has 1 heterocycles. The molecule has 1 aliphatic rings. The molecule has 0 saturated carbocycles. The second kappa shape index (κ2) is 7.31. The molecule has 0 aliphatic carbocycles. The van der Waals surface area contributed by atoms with Crippen LogP contribution in [0.1, 0.15) is 0 Å². The Balaban J connectivity index is 3.22. The van der Waals surface area contributed by atoms with E-state index in [1.165, 1.54) is 7.05 Å². The zero-order chi connectivity index (χ0) is 23.3. The van der Waals surface area contributed by atoms with E-state index in [4.69, 9.17) is 0 Å². The van der Waals surface area contributed by atoms with Crippen LogP contribution in [0.5, 0.6) is 0 Å². The smallest absolute Gasteiger partial charge is 0.304 e. The van der Waals surface area contributed by atoms with Crippen molar-refractivity contribution in [2.24, 2.45) is 0 Å². The fourth-order valence-corrected chi connectivity index (χ4v) is 2.04. The Morgan fingerprint density at radius 3 is 1.41 bits per heavy atom. The Kier molecular flexibility index (Phi) is 6.44. The third-order valence-corrected chi connectivity index (χ3v) is 3.98. The molecule has 0 atom stereocenters. The van der Waals surface area contributed by atoms with Gasteiger partial charge in [-0.2, -0.15) is 57.1 Å². The minimum Gasteiger partial charge on any atom is -0.304 e. The predicted molar refractivity (Wildman–Crippen MR) is 68.0 cm³/mol. The van der Waals surface area contributed by atoms with Crippen molar-refractivity contribution in [2.75, 3.05) is 33.2 Å². The molecular formula is C12H12F13N3O. The summed E-state index contributed by atoms with van der Waals surface area (Å²) in [5.74, 6) is -41.5. The highest BCUT2D eigenvalue weighted by atomic mass is 19.4. The molecule has 1 N–H and O–H groups in total. The minimum absolute atomic E-state index is 0.0638. The van der Waals surface area contributed by atoms with Crippen molar-refractivity contribution in [3.05, 3.63) is 0 Å². The molecule has 17 heteroatoms. The lowest BCUT2D eigenvalue weighted by Crippen LogP contribution is -2.72. The molecule has 0 radical (unpaired) electrons. The van der Waals surface area contributed by atoms with Gasteiger partial charge in [0.1, 0.15) is 0 Å². The maximum atomic E-state index is 13.6. The molecule has 1 amide bonds. The Hall–Kier alpha value is -1.52. The molecule has 0 unspecified atom stereocenters. The van der Waals surface area contributed by atoms with E-state index in [1.54, 1.807) is 4.90 Å². The Morgan fingerprint density at radius 2 is 1.03 bits per heavy atom. The summed E-state index contributed by atoms with van der Waals surface area (Å²) in [5.41, 5.74) is 1.03. The number of likely N-dealkylation sites (N-methyl/N-ethyl adjacent to an activating group) is 1. The molecule has 0 spiro atoms. The largest absolute Gasteiger partial charge is 0.460 e. The lowest BCUT2D eigenvalue weighted by atomic mass is 9.93. The van der Waals surface area contributed by atoms with Crippen molar-refractivity contribution in [3.8, 4) is 0 Å². The molecule has 1 fully saturated rings. The zero-order valence-electron chi connectivity index (χ0n) is 14.0. The first-order valence-corrected chi connectivity index (χ1v) is 7.35. The number of nitrogens with one attached hydrogen (secondary N) is 1. The normalized spacial score (nSPS) is 19.4. The number of carbonyl (C=O) groups is 1. The van der Waals surface area contributed by atoms with Crippen LogP contribution in [0.2, 0.25) is 0 Å². The number of nitrogens with zero attached hydrogens (tertiary/aromatic N) is 2. The Bertz CT molecular complexity index is 611. The van der Waals surface area contributed by atoms with Gasteiger partial charge in [-0.05, 0) is 7.05 Å². The first-order valence-electron chi connectivity index (χ1n) is 7.35. The van der Waals surface area contributed by atoms with Crippen LogP contribution in [0.3, 0.4) is 0 Å². The van der Waals surface area contributed by atoms with E-state index in [1.807, 2.05) is 0 Å². The summed E-state index contributed by atoms with van der Waals surface area (Å²) in [4.78, 5) is 12.9. The highest BCUT2D eigenvalue weighted by molar-refractivity contribution is 5.84. The second-order valence-electron chi connectivity index (χ2n) is 6.10. The molecule has 1 aliphatic heterocycles. The van der Waals surface area contributed by atoms with E-state index in [0.717, 1.165) is 5.43 Å². The fraction of sp³-hybridized carbons (Fsp3) is 0.917. The molecular weight excluding hydrogens is 449 g/mol. The van der Waals surface area contributed by atoms with Gasteiger partial charge in [-0.15, -0.1) is 0 Å². The van der Waals surface area contributed by atoms with Gasteiger partial charge in [-0.1, -0.05) is 0 Å². The van der Waals surface area contributed by atoms with E-state index >= 15 is 0 Å². The van der Waals surface area contributed by atoms with Crippen LogP contribution in [0.15, 0.2) is 0 Å². The summed E-state index contributed by atoms with van der Waals surface area (Å²) in [6.07, 6.45) is -7.49. The molecule has 0 aromatic heterocycles. The van der Waals surface area contributed by atoms with Gasteiger partial charge in [-0.25, -0.2) is 5.01 Å². The molecule has 4 nitrogen and oxygen atoms in total. The number of hydrazine groups is 1. The SMILES string of the molecule is CN1CCN(NC(=O)C(F)(F)C(F)(F)C(F)(F)C(F)(F)C(F)(F)C(F)(F)F)CC1. The number of hydrogen-bond donors (Lipinski definition) is 1. The zero-order valence-corrected chi connectivity index (χ0v) is 14.0. The number of alkyl halides is 13. The van der Waals surface area contributed by atoms with Gasteiger partial charge in [0.15, 0.2) is 0 Å². The number of rotatable bonds is 6. The van der Waals surface area contributed by atoms with Gasteiger partial charge in [0.2, 0.25) is 0 Å². The molecule has 172 valence electrons. The average molecular weight is 461 g/mol.